The molecule has 29 nitrogen and oxygen atoms in total. The molecule has 2 amide bonds. The monoisotopic (exact) mass is 996 g/mol. The topological polar surface area (TPSA) is 413 Å². The number of ether oxygens (including phenoxy) is 1. The average Bonchev–Trinajstić information content (AvgIpc) is 3.94. The van der Waals surface area contributed by atoms with E-state index in [4.69, 9.17) is 14.1 Å². The van der Waals surface area contributed by atoms with E-state index < -0.39 is 107 Å². The van der Waals surface area contributed by atoms with Gasteiger partial charge in [-0.25, -0.2) is 38.7 Å². The molecule has 2 aromatic heterocycles. The van der Waals surface area contributed by atoms with Crippen LogP contribution >= 0.6 is 15.6 Å². The number of rotatable bonds is 21. The second-order valence-electron chi connectivity index (χ2n) is 15.8. The van der Waals surface area contributed by atoms with Gasteiger partial charge in [-0.15, -0.1) is 5.06 Å². The average molecular weight is 997 g/mol. The third-order valence-corrected chi connectivity index (χ3v) is 13.5. The molecule has 9 N–H and O–H groups in total. The predicted molar refractivity (Wildman–Crippen MR) is 227 cm³/mol. The number of carbonyl (C=O) groups is 3. The molecule has 0 radical (unpaired) electrons. The van der Waals surface area contributed by atoms with Crippen molar-refractivity contribution in [1.82, 2.24) is 44.1 Å². The van der Waals surface area contributed by atoms with E-state index in [0.29, 0.717) is 30.9 Å². The molecule has 7 rings (SSSR count). The molecule has 9 atom stereocenters. The van der Waals surface area contributed by atoms with Gasteiger partial charge in [0.15, 0.2) is 34.7 Å². The summed E-state index contributed by atoms with van der Waals surface area (Å²) in [6.45, 7) is 1.06. The highest BCUT2D eigenvalue weighted by Gasteiger charge is 2.46. The Hall–Kier alpha value is -5.52. The first-order chi connectivity index (χ1) is 32.1. The number of hydroxylamine groups is 2. The fourth-order valence-corrected chi connectivity index (χ4v) is 9.34. The van der Waals surface area contributed by atoms with Crippen LogP contribution in [0.25, 0.3) is 33.7 Å². The third-order valence-electron chi connectivity index (χ3n) is 10.9. The van der Waals surface area contributed by atoms with Crippen molar-refractivity contribution in [2.45, 2.75) is 102 Å². The van der Waals surface area contributed by atoms with E-state index in [9.17, 15) is 68.4 Å². The zero-order valence-electron chi connectivity index (χ0n) is 35.9. The van der Waals surface area contributed by atoms with Gasteiger partial charge in [-0.05, 0) is 49.9 Å². The Balaban J connectivity index is 0.887. The Kier molecular flexibility index (Phi) is 15.3. The zero-order chi connectivity index (χ0) is 49.2. The van der Waals surface area contributed by atoms with Crippen LogP contribution < -0.4 is 16.6 Å². The number of aliphatic hydroxyl groups excluding tert-OH is 5. The van der Waals surface area contributed by atoms with Crippen LogP contribution in [0.4, 0.5) is 5.82 Å². The number of anilines is 1. The molecule has 0 aliphatic carbocycles. The van der Waals surface area contributed by atoms with Crippen LogP contribution in [0.1, 0.15) is 55.9 Å². The van der Waals surface area contributed by atoms with Crippen molar-refractivity contribution >= 4 is 61.4 Å². The van der Waals surface area contributed by atoms with E-state index in [1.807, 2.05) is 4.98 Å². The summed E-state index contributed by atoms with van der Waals surface area (Å²) < 4.78 is 47.3. The number of hydrogen-bond donors (Lipinski definition) is 9. The molecule has 2 saturated heterocycles. The first kappa shape index (κ1) is 50.4. The molecule has 1 aromatic carbocycles. The van der Waals surface area contributed by atoms with Gasteiger partial charge in [-0.3, -0.25) is 33.0 Å². The standard InChI is InChI=1S/C37H46N10O19P2/c1-17-10-19-20(11-18(17)2)45(34-28(42-19)35(56)44-37(57)43-34)12-21(48)29(53)22(49)13-62-67(58,59)66-68(60,61)63-14-23-30(54)31(55)36(64-23)46-16-41-27-32(39-15-40-33(27)46)38-9-5-3-4-6-26(52)65-47-24(50)7-8-25(47)51/h10-11,15-16,21-23,29-31,36,48-49,53-55H,3-9,12-14H2,1-2H3,(H,58,59)(H,60,61)(H,38,39,40)(H,44,56,57)/t21?,22?,23-,29?,30-,31-,36-/m1/s1. The lowest BCUT2D eigenvalue weighted by atomic mass is 10.1. The first-order valence-electron chi connectivity index (χ1n) is 20.7. The maximum atomic E-state index is 12.8. The van der Waals surface area contributed by atoms with Crippen LogP contribution in [0.3, 0.4) is 0 Å². The van der Waals surface area contributed by atoms with E-state index in [1.54, 1.807) is 26.0 Å². The fraction of sp³-hybridized carbons (Fsp3) is 0.514. The number of unbranched alkanes of at least 4 members (excludes halogenated alkanes) is 2. The molecule has 0 saturated carbocycles. The fourth-order valence-electron chi connectivity index (χ4n) is 7.25. The summed E-state index contributed by atoms with van der Waals surface area (Å²) in [4.78, 5) is 108. The zero-order valence-corrected chi connectivity index (χ0v) is 37.7. The largest absolute Gasteiger partial charge is 0.481 e. The molecular weight excluding hydrogens is 950 g/mol. The van der Waals surface area contributed by atoms with Gasteiger partial charge < -0.3 is 54.8 Å². The van der Waals surface area contributed by atoms with Gasteiger partial charge >= 0.3 is 27.3 Å². The summed E-state index contributed by atoms with van der Waals surface area (Å²) in [5, 5.41) is 57.5. The summed E-state index contributed by atoms with van der Waals surface area (Å²) in [6.07, 6.45) is -8.71. The number of phosphoric ester groups is 2. The number of nitrogens with one attached hydrogen (secondary N) is 2. The second kappa shape index (κ2) is 20.6. The van der Waals surface area contributed by atoms with Gasteiger partial charge in [0, 0.05) is 25.8 Å². The number of aromatic nitrogens is 8. The summed E-state index contributed by atoms with van der Waals surface area (Å²) in [6, 6.07) is 3.28. The van der Waals surface area contributed by atoms with E-state index in [1.165, 1.54) is 21.8 Å². The summed E-state index contributed by atoms with van der Waals surface area (Å²) in [5.74, 6) is -1.82. The number of aromatic amines is 1. The van der Waals surface area contributed by atoms with Crippen LogP contribution in [-0.4, -0.2) is 154 Å². The molecule has 6 heterocycles. The highest BCUT2D eigenvalue weighted by molar-refractivity contribution is 7.61. The lowest BCUT2D eigenvalue weighted by Crippen LogP contribution is -2.42. The van der Waals surface area contributed by atoms with Crippen LogP contribution in [-0.2, 0) is 53.0 Å². The van der Waals surface area contributed by atoms with E-state index >= 15 is 0 Å². The minimum Gasteiger partial charge on any atom is -0.388 e. The number of phosphoric acid groups is 2. The van der Waals surface area contributed by atoms with Crippen molar-refractivity contribution in [1.29, 1.82) is 0 Å². The Morgan fingerprint density at radius 1 is 0.926 bits per heavy atom. The van der Waals surface area contributed by atoms with Crippen molar-refractivity contribution in [3.05, 3.63) is 56.8 Å². The van der Waals surface area contributed by atoms with Gasteiger partial charge in [-0.2, -0.15) is 9.29 Å². The highest BCUT2D eigenvalue weighted by atomic mass is 31.3. The van der Waals surface area contributed by atoms with Gasteiger partial charge in [0.2, 0.25) is 0 Å². The number of imide groups is 1. The number of H-pyrrole nitrogens is 1. The van der Waals surface area contributed by atoms with E-state index in [-0.39, 0.29) is 58.8 Å². The van der Waals surface area contributed by atoms with Crippen molar-refractivity contribution < 1.29 is 81.8 Å². The quantitative estimate of drug-likeness (QED) is 0.0176. The van der Waals surface area contributed by atoms with Crippen molar-refractivity contribution in [2.24, 2.45) is 0 Å². The maximum Gasteiger partial charge on any atom is 0.481 e. The molecule has 3 aromatic rings. The number of fused-ring (bicyclic) bond motifs is 3. The number of hydrogen-bond acceptors (Lipinski definition) is 23. The second-order valence-corrected chi connectivity index (χ2v) is 18.8. The molecular formula is C37H46N10O19P2. The minimum absolute atomic E-state index is 0.00867. The molecule has 4 aliphatic rings. The van der Waals surface area contributed by atoms with Crippen LogP contribution in [0.5, 0.6) is 0 Å². The molecule has 68 heavy (non-hydrogen) atoms. The van der Waals surface area contributed by atoms with Crippen molar-refractivity contribution in [3.8, 4) is 11.5 Å². The Morgan fingerprint density at radius 2 is 1.63 bits per heavy atom. The van der Waals surface area contributed by atoms with Gasteiger partial charge in [0.1, 0.15) is 43.0 Å². The number of aryl methyl sites for hydroxylation is 2. The molecule has 4 aliphatic heterocycles. The van der Waals surface area contributed by atoms with Crippen LogP contribution in [0.15, 0.2) is 34.4 Å². The summed E-state index contributed by atoms with van der Waals surface area (Å²) in [5.41, 5.74) is 0.308. The Labute approximate surface area is 381 Å². The van der Waals surface area contributed by atoms with E-state index in [2.05, 4.69) is 39.1 Å². The molecule has 368 valence electrons. The maximum absolute atomic E-state index is 12.8. The highest BCUT2D eigenvalue weighted by Crippen LogP contribution is 2.60. The third kappa shape index (κ3) is 11.3. The number of benzene rings is 1. The molecule has 5 unspecified atom stereocenters. The summed E-state index contributed by atoms with van der Waals surface area (Å²) >= 11 is 0. The smallest absolute Gasteiger partial charge is 0.388 e. The SMILES string of the molecule is Cc1cc2nc3c(=O)[nH]c(=O)nc-3n(CC(O)C(O)C(O)COP(=O)(O)OP(=O)(O)OC[C@H]3O[C@@H](n4cnc5c(NCCCCCC(=O)ON6C(=O)CCC6=O)ncnc54)[C@H](O)[C@@H]3O)c2cc1C. The molecule has 0 spiro atoms. The number of nitrogens with zero attached hydrogens (tertiary/aromatic N) is 8. The Bertz CT molecular complexity index is 2880. The Morgan fingerprint density at radius 3 is 2.37 bits per heavy atom. The molecule has 0 bridgehead atoms. The number of aliphatic hydroxyl groups is 5. The number of carbonyl (C=O) groups excluding carboxylic acids is 3. The predicted octanol–water partition coefficient (Wildman–Crippen LogP) is -1.43. The lowest BCUT2D eigenvalue weighted by Gasteiger charge is -2.26. The van der Waals surface area contributed by atoms with Crippen molar-refractivity contribution in [2.75, 3.05) is 25.1 Å². The van der Waals surface area contributed by atoms with E-state index in [0.717, 1.165) is 11.1 Å². The number of amides is 2. The van der Waals surface area contributed by atoms with Crippen LogP contribution in [0, 0.1) is 13.8 Å². The van der Waals surface area contributed by atoms with Crippen LogP contribution in [0.2, 0.25) is 0 Å². The lowest BCUT2D eigenvalue weighted by molar-refractivity contribution is -0.197. The molecule has 2 fully saturated rings. The summed E-state index contributed by atoms with van der Waals surface area (Å²) in [7, 11) is -11.2. The first-order valence-corrected chi connectivity index (χ1v) is 23.7. The minimum atomic E-state index is -5.60. The van der Waals surface area contributed by atoms with Gasteiger partial charge in [0.05, 0.1) is 37.1 Å². The number of imidazole rings is 1. The normalized spacial score (nSPS) is 21.9. The van der Waals surface area contributed by atoms with Gasteiger partial charge in [0.25, 0.3) is 17.4 Å². The van der Waals surface area contributed by atoms with Crippen molar-refractivity contribution in [3.63, 3.8) is 0 Å². The molecule has 31 heteroatoms. The van der Waals surface area contributed by atoms with Gasteiger partial charge in [-0.1, -0.05) is 6.42 Å².